The van der Waals surface area contributed by atoms with Crippen LogP contribution in [0.4, 0.5) is 5.13 Å². The SMILES string of the molecule is COc1ccc(-c2csc(NC(=O)COC(=O)c3ccc(S(=O)(=O)NCc4ccco4)cc3)n2)cc1. The summed E-state index contributed by atoms with van der Waals surface area (Å²) in [6, 6.07) is 15.8. The zero-order valence-corrected chi connectivity index (χ0v) is 20.6. The van der Waals surface area contributed by atoms with Crippen molar-refractivity contribution < 1.29 is 31.9 Å². The molecule has 0 radical (unpaired) electrons. The Labute approximate surface area is 210 Å². The Balaban J connectivity index is 1.27. The number of sulfonamides is 1. The van der Waals surface area contributed by atoms with Gasteiger partial charge in [-0.1, -0.05) is 0 Å². The molecule has 10 nitrogen and oxygen atoms in total. The van der Waals surface area contributed by atoms with Gasteiger partial charge in [0.15, 0.2) is 11.7 Å². The number of hydrogen-bond donors (Lipinski definition) is 2. The fourth-order valence-corrected chi connectivity index (χ4v) is 4.76. The minimum Gasteiger partial charge on any atom is -0.497 e. The number of methoxy groups -OCH3 is 1. The van der Waals surface area contributed by atoms with Crippen LogP contribution in [0, 0.1) is 0 Å². The van der Waals surface area contributed by atoms with Gasteiger partial charge in [-0.05, 0) is 60.7 Å². The van der Waals surface area contributed by atoms with Gasteiger partial charge in [0.25, 0.3) is 5.91 Å². The van der Waals surface area contributed by atoms with Crippen molar-refractivity contribution >= 4 is 38.4 Å². The zero-order chi connectivity index (χ0) is 25.5. The fraction of sp³-hybridized carbons (Fsp3) is 0.125. The maximum atomic E-state index is 12.4. The van der Waals surface area contributed by atoms with Crippen LogP contribution in [-0.2, 0) is 26.1 Å². The minimum absolute atomic E-state index is 0.00503. The van der Waals surface area contributed by atoms with E-state index < -0.39 is 28.5 Å². The number of anilines is 1. The second kappa shape index (κ2) is 11.2. The largest absolute Gasteiger partial charge is 0.497 e. The maximum absolute atomic E-state index is 12.4. The normalized spacial score (nSPS) is 11.1. The van der Waals surface area contributed by atoms with Crippen molar-refractivity contribution in [2.75, 3.05) is 19.0 Å². The molecule has 0 aliphatic heterocycles. The molecular weight excluding hydrogens is 506 g/mol. The molecule has 0 saturated carbocycles. The molecule has 0 saturated heterocycles. The van der Waals surface area contributed by atoms with Gasteiger partial charge in [0, 0.05) is 10.9 Å². The third-order valence-electron chi connectivity index (χ3n) is 4.89. The Morgan fingerprint density at radius 2 is 1.81 bits per heavy atom. The Morgan fingerprint density at radius 3 is 2.47 bits per heavy atom. The molecule has 2 aromatic carbocycles. The topological polar surface area (TPSA) is 137 Å². The van der Waals surface area contributed by atoms with Gasteiger partial charge in [-0.15, -0.1) is 11.3 Å². The molecule has 186 valence electrons. The van der Waals surface area contributed by atoms with Gasteiger partial charge < -0.3 is 13.9 Å². The molecule has 4 rings (SSSR count). The summed E-state index contributed by atoms with van der Waals surface area (Å²) >= 11 is 1.24. The van der Waals surface area contributed by atoms with Crippen LogP contribution >= 0.6 is 11.3 Å². The predicted octanol–water partition coefficient (Wildman–Crippen LogP) is 3.69. The third-order valence-corrected chi connectivity index (χ3v) is 7.06. The molecule has 36 heavy (non-hydrogen) atoms. The first-order valence-corrected chi connectivity index (χ1v) is 12.9. The van der Waals surface area contributed by atoms with Crippen LogP contribution in [0.3, 0.4) is 0 Å². The number of aromatic nitrogens is 1. The van der Waals surface area contributed by atoms with Crippen molar-refractivity contribution in [1.29, 1.82) is 0 Å². The molecule has 0 fully saturated rings. The monoisotopic (exact) mass is 527 g/mol. The molecule has 2 N–H and O–H groups in total. The number of amides is 1. The first kappa shape index (κ1) is 25.1. The average Bonchev–Trinajstić information content (AvgIpc) is 3.59. The summed E-state index contributed by atoms with van der Waals surface area (Å²) < 4.78 is 42.4. The molecule has 12 heteroatoms. The molecule has 2 heterocycles. The van der Waals surface area contributed by atoms with Gasteiger partial charge in [0.2, 0.25) is 10.0 Å². The molecule has 0 atom stereocenters. The summed E-state index contributed by atoms with van der Waals surface area (Å²) in [5.41, 5.74) is 1.65. The number of furan rings is 1. The number of hydrogen-bond acceptors (Lipinski definition) is 9. The molecule has 0 unspecified atom stereocenters. The van der Waals surface area contributed by atoms with Crippen LogP contribution in [0.25, 0.3) is 11.3 Å². The maximum Gasteiger partial charge on any atom is 0.338 e. The van der Waals surface area contributed by atoms with Crippen molar-refractivity contribution in [2.24, 2.45) is 0 Å². The van der Waals surface area contributed by atoms with Crippen molar-refractivity contribution in [2.45, 2.75) is 11.4 Å². The van der Waals surface area contributed by atoms with E-state index in [1.807, 2.05) is 24.3 Å². The molecule has 2 aromatic heterocycles. The number of benzene rings is 2. The summed E-state index contributed by atoms with van der Waals surface area (Å²) in [6.07, 6.45) is 1.45. The lowest BCUT2D eigenvalue weighted by atomic mass is 10.2. The van der Waals surface area contributed by atoms with E-state index in [9.17, 15) is 18.0 Å². The first-order valence-electron chi connectivity index (χ1n) is 10.5. The second-order valence-corrected chi connectivity index (χ2v) is 9.94. The van der Waals surface area contributed by atoms with Gasteiger partial charge >= 0.3 is 5.97 Å². The van der Waals surface area contributed by atoms with E-state index in [2.05, 4.69) is 15.0 Å². The lowest BCUT2D eigenvalue weighted by Gasteiger charge is -2.07. The number of thiazole rings is 1. The number of carbonyl (C=O) groups excluding carboxylic acids is 2. The van der Waals surface area contributed by atoms with E-state index in [0.29, 0.717) is 16.6 Å². The van der Waals surface area contributed by atoms with Crippen LogP contribution in [0.15, 0.2) is 81.6 Å². The van der Waals surface area contributed by atoms with Crippen molar-refractivity contribution in [3.8, 4) is 17.0 Å². The minimum atomic E-state index is -3.80. The van der Waals surface area contributed by atoms with Gasteiger partial charge in [-0.25, -0.2) is 22.9 Å². The second-order valence-electron chi connectivity index (χ2n) is 7.32. The number of rotatable bonds is 10. The van der Waals surface area contributed by atoms with E-state index in [0.717, 1.165) is 11.3 Å². The number of nitrogens with one attached hydrogen (secondary N) is 2. The quantitative estimate of drug-likeness (QED) is 0.298. The van der Waals surface area contributed by atoms with Crippen molar-refractivity contribution in [1.82, 2.24) is 9.71 Å². The van der Waals surface area contributed by atoms with Crippen LogP contribution in [0.2, 0.25) is 0 Å². The van der Waals surface area contributed by atoms with Crippen LogP contribution in [0.1, 0.15) is 16.1 Å². The number of esters is 1. The van der Waals surface area contributed by atoms with Gasteiger partial charge in [-0.3, -0.25) is 10.1 Å². The zero-order valence-electron chi connectivity index (χ0n) is 19.0. The highest BCUT2D eigenvalue weighted by Crippen LogP contribution is 2.26. The fourth-order valence-electron chi connectivity index (χ4n) is 3.03. The molecule has 4 aromatic rings. The standard InChI is InChI=1S/C24H21N3O7S2/c1-32-18-8-4-16(5-9-18)21-15-35-24(26-21)27-22(28)14-34-23(29)17-6-10-20(11-7-17)36(30,31)25-13-19-3-2-12-33-19/h2-12,15,25H,13-14H2,1H3,(H,26,27,28). The molecule has 1 amide bonds. The smallest absolute Gasteiger partial charge is 0.338 e. The van der Waals surface area contributed by atoms with E-state index in [4.69, 9.17) is 13.9 Å². The Kier molecular flexibility index (Phi) is 7.78. The number of carbonyl (C=O) groups is 2. The molecule has 0 spiro atoms. The molecular formula is C24H21N3O7S2. The molecule has 0 bridgehead atoms. The first-order chi connectivity index (χ1) is 17.3. The van der Waals surface area contributed by atoms with Crippen LogP contribution in [0.5, 0.6) is 5.75 Å². The molecule has 0 aliphatic carbocycles. The summed E-state index contributed by atoms with van der Waals surface area (Å²) in [7, 11) is -2.22. The van der Waals surface area contributed by atoms with Gasteiger partial charge in [0.05, 0.1) is 36.1 Å². The summed E-state index contributed by atoms with van der Waals surface area (Å²) in [5, 5.41) is 4.74. The van der Waals surface area contributed by atoms with E-state index in [-0.39, 0.29) is 17.0 Å². The van der Waals surface area contributed by atoms with E-state index in [1.54, 1.807) is 24.6 Å². The average molecular weight is 528 g/mol. The Bertz CT molecular complexity index is 1430. The van der Waals surface area contributed by atoms with E-state index in [1.165, 1.54) is 41.9 Å². The summed E-state index contributed by atoms with van der Waals surface area (Å²) in [5.74, 6) is -0.134. The Morgan fingerprint density at radius 1 is 1.06 bits per heavy atom. The highest BCUT2D eigenvalue weighted by atomic mass is 32.2. The highest BCUT2D eigenvalue weighted by molar-refractivity contribution is 7.89. The lowest BCUT2D eigenvalue weighted by molar-refractivity contribution is -0.119. The Hall–Kier alpha value is -4.00. The van der Waals surface area contributed by atoms with E-state index >= 15 is 0 Å². The van der Waals surface area contributed by atoms with Crippen LogP contribution < -0.4 is 14.8 Å². The van der Waals surface area contributed by atoms with Gasteiger partial charge in [0.1, 0.15) is 11.5 Å². The summed E-state index contributed by atoms with van der Waals surface area (Å²) in [6.45, 7) is -0.532. The van der Waals surface area contributed by atoms with Gasteiger partial charge in [-0.2, -0.15) is 0 Å². The summed E-state index contributed by atoms with van der Waals surface area (Å²) in [4.78, 5) is 28.8. The third kappa shape index (κ3) is 6.36. The number of nitrogens with zero attached hydrogens (tertiary/aromatic N) is 1. The molecule has 0 aliphatic rings. The predicted molar refractivity (Wildman–Crippen MR) is 132 cm³/mol. The van der Waals surface area contributed by atoms with Crippen molar-refractivity contribution in [3.05, 3.63) is 83.6 Å². The van der Waals surface area contributed by atoms with Crippen LogP contribution in [-0.4, -0.2) is 39.0 Å². The van der Waals surface area contributed by atoms with Crippen molar-refractivity contribution in [3.63, 3.8) is 0 Å². The lowest BCUT2D eigenvalue weighted by Crippen LogP contribution is -2.23. The number of ether oxygens (including phenoxy) is 2. The highest BCUT2D eigenvalue weighted by Gasteiger charge is 2.17.